The van der Waals surface area contributed by atoms with E-state index in [1.807, 2.05) is 24.3 Å². The topological polar surface area (TPSA) is 74.7 Å². The van der Waals surface area contributed by atoms with Gasteiger partial charge in [-0.05, 0) is 17.7 Å². The Hall–Kier alpha value is -1.97. The Labute approximate surface area is 80.8 Å². The Bertz CT molecular complexity index is 467. The molecule has 0 saturated heterocycles. The molecule has 0 saturated carbocycles. The molecule has 14 heavy (non-hydrogen) atoms. The fraction of sp³-hybridized carbons (Fsp3) is 0.100. The van der Waals surface area contributed by atoms with Gasteiger partial charge in [0.1, 0.15) is 0 Å². The molecule has 4 N–H and O–H groups in total. The first-order chi connectivity index (χ1) is 6.75. The molecule has 1 aromatic heterocycles. The van der Waals surface area contributed by atoms with E-state index in [-0.39, 0.29) is 5.56 Å². The number of rotatable bonds is 2. The summed E-state index contributed by atoms with van der Waals surface area (Å²) in [6.45, 7) is 0. The summed E-state index contributed by atoms with van der Waals surface area (Å²) in [6.07, 6.45) is 2.30. The van der Waals surface area contributed by atoms with E-state index in [9.17, 15) is 4.79 Å². The summed E-state index contributed by atoms with van der Waals surface area (Å²) in [4.78, 5) is 11.2. The van der Waals surface area contributed by atoms with Crippen LogP contribution in [-0.4, -0.2) is 10.2 Å². The van der Waals surface area contributed by atoms with Crippen LogP contribution in [0.15, 0.2) is 35.3 Å². The first kappa shape index (κ1) is 8.62. The molecule has 2 aromatic rings. The Morgan fingerprint density at radius 3 is 2.50 bits per heavy atom. The van der Waals surface area contributed by atoms with Crippen LogP contribution in [-0.2, 0) is 6.42 Å². The number of nitrogens with one attached hydrogen (secondary N) is 2. The van der Waals surface area contributed by atoms with E-state index in [1.54, 1.807) is 6.20 Å². The molecule has 0 atom stereocenters. The van der Waals surface area contributed by atoms with Gasteiger partial charge in [0.2, 0.25) is 0 Å². The lowest BCUT2D eigenvalue weighted by Crippen LogP contribution is -2.05. The third-order valence-electron chi connectivity index (χ3n) is 2.10. The molecule has 1 heterocycles. The van der Waals surface area contributed by atoms with Crippen molar-refractivity contribution in [2.24, 2.45) is 0 Å². The molecule has 0 aliphatic carbocycles. The number of nitrogens with two attached hydrogens (primary N) is 1. The van der Waals surface area contributed by atoms with Gasteiger partial charge in [0.15, 0.2) is 0 Å². The third-order valence-corrected chi connectivity index (χ3v) is 2.10. The largest absolute Gasteiger partial charge is 0.399 e. The molecule has 4 heteroatoms. The van der Waals surface area contributed by atoms with Crippen LogP contribution in [0.2, 0.25) is 0 Å². The second kappa shape index (κ2) is 3.41. The van der Waals surface area contributed by atoms with Gasteiger partial charge in [-0.3, -0.25) is 9.89 Å². The van der Waals surface area contributed by atoms with Gasteiger partial charge in [0.25, 0.3) is 5.56 Å². The average molecular weight is 189 g/mol. The van der Waals surface area contributed by atoms with E-state index in [1.165, 1.54) is 0 Å². The number of aromatic nitrogens is 2. The minimum atomic E-state index is -0.0678. The Balaban J connectivity index is 2.23. The fourth-order valence-electron chi connectivity index (χ4n) is 1.32. The minimum absolute atomic E-state index is 0.0678. The van der Waals surface area contributed by atoms with Crippen molar-refractivity contribution in [3.05, 3.63) is 51.9 Å². The molecule has 0 bridgehead atoms. The van der Waals surface area contributed by atoms with Gasteiger partial charge >= 0.3 is 0 Å². The molecular weight excluding hydrogens is 178 g/mol. The van der Waals surface area contributed by atoms with Gasteiger partial charge in [-0.15, -0.1) is 0 Å². The molecule has 0 spiro atoms. The highest BCUT2D eigenvalue weighted by Crippen LogP contribution is 2.08. The van der Waals surface area contributed by atoms with Crippen LogP contribution >= 0.6 is 0 Å². The zero-order chi connectivity index (χ0) is 9.97. The molecule has 0 amide bonds. The van der Waals surface area contributed by atoms with Crippen molar-refractivity contribution in [2.75, 3.05) is 5.73 Å². The van der Waals surface area contributed by atoms with Crippen LogP contribution in [0.1, 0.15) is 11.1 Å². The number of nitrogen functional groups attached to an aromatic ring is 1. The zero-order valence-electron chi connectivity index (χ0n) is 7.58. The molecule has 2 rings (SSSR count). The summed E-state index contributed by atoms with van der Waals surface area (Å²) >= 11 is 0. The van der Waals surface area contributed by atoms with E-state index >= 15 is 0 Å². The molecule has 0 aliphatic rings. The van der Waals surface area contributed by atoms with Crippen molar-refractivity contribution < 1.29 is 0 Å². The van der Waals surface area contributed by atoms with E-state index < -0.39 is 0 Å². The van der Waals surface area contributed by atoms with Crippen LogP contribution in [0, 0.1) is 0 Å². The van der Waals surface area contributed by atoms with Gasteiger partial charge in [-0.2, -0.15) is 0 Å². The van der Waals surface area contributed by atoms with Crippen LogP contribution in [0.5, 0.6) is 0 Å². The first-order valence-corrected chi connectivity index (χ1v) is 4.35. The highest BCUT2D eigenvalue weighted by Gasteiger charge is 2.01. The van der Waals surface area contributed by atoms with Crippen LogP contribution in [0.3, 0.4) is 0 Å². The van der Waals surface area contributed by atoms with Crippen molar-refractivity contribution in [3.8, 4) is 0 Å². The summed E-state index contributed by atoms with van der Waals surface area (Å²) in [5, 5.41) is 5.16. The summed E-state index contributed by atoms with van der Waals surface area (Å²) in [5.74, 6) is 0. The quantitative estimate of drug-likeness (QED) is 0.613. The maximum Gasteiger partial charge on any atom is 0.267 e. The summed E-state index contributed by atoms with van der Waals surface area (Å²) < 4.78 is 0. The van der Waals surface area contributed by atoms with Crippen LogP contribution in [0.4, 0.5) is 5.69 Å². The molecule has 0 radical (unpaired) electrons. The normalized spacial score (nSPS) is 10.3. The lowest BCUT2D eigenvalue weighted by atomic mass is 10.1. The number of anilines is 1. The Kier molecular flexibility index (Phi) is 2.10. The van der Waals surface area contributed by atoms with Crippen LogP contribution < -0.4 is 11.3 Å². The SMILES string of the molecule is Nc1ccc(Cc2c[nH][nH]c2=O)cc1. The van der Waals surface area contributed by atoms with Crippen molar-refractivity contribution in [1.29, 1.82) is 0 Å². The lowest BCUT2D eigenvalue weighted by molar-refractivity contribution is 1.05. The van der Waals surface area contributed by atoms with Gasteiger partial charge in [-0.1, -0.05) is 12.1 Å². The number of hydrogen-bond acceptors (Lipinski definition) is 2. The van der Waals surface area contributed by atoms with E-state index in [0.29, 0.717) is 6.42 Å². The van der Waals surface area contributed by atoms with Gasteiger partial charge < -0.3 is 10.8 Å². The summed E-state index contributed by atoms with van der Waals surface area (Å²) in [5.41, 5.74) is 8.03. The number of hydrogen-bond donors (Lipinski definition) is 3. The molecule has 72 valence electrons. The maximum absolute atomic E-state index is 11.2. The third kappa shape index (κ3) is 1.69. The minimum Gasteiger partial charge on any atom is -0.399 e. The second-order valence-corrected chi connectivity index (χ2v) is 3.19. The van der Waals surface area contributed by atoms with Crippen molar-refractivity contribution in [3.63, 3.8) is 0 Å². The van der Waals surface area contributed by atoms with Crippen LogP contribution in [0.25, 0.3) is 0 Å². The molecular formula is C10H11N3O. The maximum atomic E-state index is 11.2. The van der Waals surface area contributed by atoms with Gasteiger partial charge in [-0.25, -0.2) is 0 Å². The molecule has 0 fully saturated rings. The predicted molar refractivity (Wildman–Crippen MR) is 55.1 cm³/mol. The number of benzene rings is 1. The van der Waals surface area contributed by atoms with Gasteiger partial charge in [0.05, 0.1) is 0 Å². The van der Waals surface area contributed by atoms with E-state index in [4.69, 9.17) is 5.73 Å². The van der Waals surface area contributed by atoms with Crippen molar-refractivity contribution >= 4 is 5.69 Å². The highest BCUT2D eigenvalue weighted by molar-refractivity contribution is 5.40. The average Bonchev–Trinajstić information content (AvgIpc) is 2.56. The molecule has 4 nitrogen and oxygen atoms in total. The second-order valence-electron chi connectivity index (χ2n) is 3.19. The van der Waals surface area contributed by atoms with Crippen molar-refractivity contribution in [1.82, 2.24) is 10.2 Å². The monoisotopic (exact) mass is 189 g/mol. The first-order valence-electron chi connectivity index (χ1n) is 4.35. The Morgan fingerprint density at radius 1 is 1.21 bits per heavy atom. The molecule has 0 unspecified atom stereocenters. The Morgan fingerprint density at radius 2 is 1.93 bits per heavy atom. The molecule has 0 aliphatic heterocycles. The predicted octanol–water partition coefficient (Wildman–Crippen LogP) is 0.876. The van der Waals surface area contributed by atoms with Crippen molar-refractivity contribution in [2.45, 2.75) is 6.42 Å². The van der Waals surface area contributed by atoms with E-state index in [2.05, 4.69) is 10.2 Å². The fourth-order valence-corrected chi connectivity index (χ4v) is 1.32. The van der Waals surface area contributed by atoms with Gasteiger partial charge in [0, 0.05) is 23.9 Å². The molecule has 1 aromatic carbocycles. The summed E-state index contributed by atoms with van der Waals surface area (Å²) in [6, 6.07) is 7.50. The zero-order valence-corrected chi connectivity index (χ0v) is 7.58. The highest BCUT2D eigenvalue weighted by atomic mass is 16.1. The standard InChI is InChI=1S/C10H11N3O/c11-9-3-1-7(2-4-9)5-8-6-12-13-10(8)14/h1-4,6H,5,11H2,(H2,12,13,14). The summed E-state index contributed by atoms with van der Waals surface area (Å²) in [7, 11) is 0. The number of aromatic amines is 2. The smallest absolute Gasteiger partial charge is 0.267 e. The lowest BCUT2D eigenvalue weighted by Gasteiger charge is -1.98. The van der Waals surface area contributed by atoms with E-state index in [0.717, 1.165) is 16.8 Å². The number of H-pyrrole nitrogens is 2.